The first kappa shape index (κ1) is 29.8. The maximum Gasteiger partial charge on any atom is 0.203 e. The predicted octanol–water partition coefficient (Wildman–Crippen LogP) is 6.26. The zero-order valence-corrected chi connectivity index (χ0v) is 25.3. The molecule has 0 spiro atoms. The van der Waals surface area contributed by atoms with Gasteiger partial charge in [-0.05, 0) is 71.7 Å². The largest absolute Gasteiger partial charge is 0.456 e. The van der Waals surface area contributed by atoms with E-state index in [-0.39, 0.29) is 5.60 Å². The Morgan fingerprint density at radius 2 is 1.73 bits per heavy atom. The van der Waals surface area contributed by atoms with E-state index < -0.39 is 6.23 Å². The van der Waals surface area contributed by atoms with Crippen molar-refractivity contribution in [3.05, 3.63) is 71.6 Å². The highest BCUT2D eigenvalue weighted by Gasteiger charge is 2.23. The Kier molecular flexibility index (Phi) is 9.67. The van der Waals surface area contributed by atoms with Gasteiger partial charge in [-0.2, -0.15) is 0 Å². The third-order valence-corrected chi connectivity index (χ3v) is 7.86. The third-order valence-electron chi connectivity index (χ3n) is 7.86. The van der Waals surface area contributed by atoms with Crippen LogP contribution in [0.5, 0.6) is 0 Å². The first-order chi connectivity index (χ1) is 19.2. The molecule has 1 aliphatic heterocycles. The van der Waals surface area contributed by atoms with Gasteiger partial charge in [-0.15, -0.1) is 0 Å². The van der Waals surface area contributed by atoms with Crippen molar-refractivity contribution in [2.24, 2.45) is 0 Å². The van der Waals surface area contributed by atoms with E-state index in [1.807, 2.05) is 25.1 Å². The quantitative estimate of drug-likeness (QED) is 0.125. The van der Waals surface area contributed by atoms with Crippen LogP contribution in [-0.4, -0.2) is 50.5 Å². The van der Waals surface area contributed by atoms with Gasteiger partial charge >= 0.3 is 0 Å². The van der Waals surface area contributed by atoms with Gasteiger partial charge in [0.2, 0.25) is 5.36 Å². The molecule has 2 N–H and O–H groups in total. The number of rotatable bonds is 12. The molecular weight excluding hydrogens is 498 g/mol. The second-order valence-corrected chi connectivity index (χ2v) is 10.9. The lowest BCUT2D eigenvalue weighted by Gasteiger charge is -2.26. The number of benzene rings is 3. The second-order valence-electron chi connectivity index (χ2n) is 10.9. The molecule has 6 nitrogen and oxygen atoms in total. The van der Waals surface area contributed by atoms with Crippen LogP contribution in [0, 0.1) is 0 Å². The Morgan fingerprint density at radius 1 is 0.975 bits per heavy atom. The summed E-state index contributed by atoms with van der Waals surface area (Å²) in [6, 6.07) is 21.0. The number of nitrogens with one attached hydrogen (secondary N) is 1. The Morgan fingerprint density at radius 3 is 2.42 bits per heavy atom. The highest BCUT2D eigenvalue weighted by Crippen LogP contribution is 2.42. The van der Waals surface area contributed by atoms with Crippen LogP contribution in [0.1, 0.15) is 59.8 Å². The van der Waals surface area contributed by atoms with Gasteiger partial charge in [0.25, 0.3) is 0 Å². The predicted molar refractivity (Wildman–Crippen MR) is 167 cm³/mol. The monoisotopic (exact) mass is 544 g/mol. The molecule has 2 aromatic rings. The Bertz CT molecular complexity index is 1470. The molecule has 0 aromatic heterocycles. The van der Waals surface area contributed by atoms with Gasteiger partial charge in [0, 0.05) is 66.1 Å². The molecule has 1 atom stereocenters. The van der Waals surface area contributed by atoms with E-state index in [9.17, 15) is 5.11 Å². The minimum atomic E-state index is -0.823. The van der Waals surface area contributed by atoms with Gasteiger partial charge in [0.1, 0.15) is 31.2 Å². The summed E-state index contributed by atoms with van der Waals surface area (Å²) < 4.78 is 14.7. The maximum absolute atomic E-state index is 11.4. The van der Waals surface area contributed by atoms with Crippen molar-refractivity contribution in [1.82, 2.24) is 9.89 Å². The molecule has 0 fully saturated rings. The highest BCUT2D eigenvalue weighted by atomic mass is 16.5. The lowest BCUT2D eigenvalue weighted by Crippen LogP contribution is -2.32. The van der Waals surface area contributed by atoms with Gasteiger partial charge < -0.3 is 19.2 Å². The number of hydrogen-bond donors (Lipinski definition) is 2. The number of nitrogens with zero attached hydrogens (tertiary/aromatic N) is 2. The van der Waals surface area contributed by atoms with E-state index in [1.165, 1.54) is 0 Å². The fraction of sp³-hybridized carbons (Fsp3) is 0.441. The molecule has 2 aromatic carbocycles. The van der Waals surface area contributed by atoms with Gasteiger partial charge in [-0.1, -0.05) is 24.3 Å². The molecule has 0 radical (unpaired) electrons. The van der Waals surface area contributed by atoms with Crippen molar-refractivity contribution < 1.29 is 14.3 Å². The number of fused-ring (bicyclic) bond motifs is 2. The van der Waals surface area contributed by atoms with Crippen LogP contribution < -0.4 is 20.1 Å². The van der Waals surface area contributed by atoms with Gasteiger partial charge in [-0.25, -0.2) is 4.58 Å². The van der Waals surface area contributed by atoms with Crippen molar-refractivity contribution in [1.29, 1.82) is 0 Å². The SMILES string of the molecule is CCOC(C)(C)CCNC(O)c1ccccc1-c1c2cc/c(=[N+](\C)CC)cc-2oc2cc(N(CC)CC)ccc12. The van der Waals surface area contributed by atoms with E-state index in [0.717, 1.165) is 76.1 Å². The van der Waals surface area contributed by atoms with Crippen LogP contribution in [0.4, 0.5) is 5.69 Å². The first-order valence-electron chi connectivity index (χ1n) is 14.7. The number of aliphatic hydroxyl groups is 1. The molecule has 2 aliphatic rings. The molecule has 214 valence electrons. The Hall–Kier alpha value is -3.19. The summed E-state index contributed by atoms with van der Waals surface area (Å²) in [4.78, 5) is 2.32. The van der Waals surface area contributed by atoms with Crippen LogP contribution >= 0.6 is 0 Å². The number of ether oxygens (including phenoxy) is 1. The fourth-order valence-electron chi connectivity index (χ4n) is 5.41. The van der Waals surface area contributed by atoms with Crippen molar-refractivity contribution in [2.45, 2.75) is 59.8 Å². The maximum atomic E-state index is 11.4. The standard InChI is InChI=1S/C34H46N3O3/c1-8-36(7)24-16-18-28-30(22-24)40-31-23-25(37(9-2)10-3)17-19-29(31)32(28)26-14-12-13-15-27(26)33(38)35-21-20-34(5,6)39-11-4/h12-19,22-23,33,35,38H,8-11,20-21H2,1-7H3/q+1. The van der Waals surface area contributed by atoms with Crippen LogP contribution in [0.2, 0.25) is 0 Å². The molecule has 0 saturated heterocycles. The summed E-state index contributed by atoms with van der Waals surface area (Å²) in [7, 11) is 2.09. The summed E-state index contributed by atoms with van der Waals surface area (Å²) in [5.41, 5.74) is 5.64. The van der Waals surface area contributed by atoms with E-state index in [4.69, 9.17) is 9.15 Å². The molecule has 6 heteroatoms. The topological polar surface area (TPSA) is 60.9 Å². The molecule has 0 amide bonds. The van der Waals surface area contributed by atoms with Crippen LogP contribution in [-0.2, 0) is 4.74 Å². The molecular formula is C34H46N3O3+. The third kappa shape index (κ3) is 6.41. The summed E-state index contributed by atoms with van der Waals surface area (Å²) in [5.74, 6) is 0.827. The van der Waals surface area contributed by atoms with E-state index in [2.05, 4.69) is 98.9 Å². The summed E-state index contributed by atoms with van der Waals surface area (Å²) in [6.07, 6.45) is -0.0332. The molecule has 40 heavy (non-hydrogen) atoms. The molecule has 0 saturated carbocycles. The van der Waals surface area contributed by atoms with Gasteiger partial charge in [-0.3, -0.25) is 5.32 Å². The number of hydrogen-bond acceptors (Lipinski definition) is 5. The smallest absolute Gasteiger partial charge is 0.203 e. The normalized spacial score (nSPS) is 13.6. The summed E-state index contributed by atoms with van der Waals surface area (Å²) in [6.45, 7) is 16.7. The minimum Gasteiger partial charge on any atom is -0.456 e. The van der Waals surface area contributed by atoms with E-state index in [0.29, 0.717) is 13.2 Å². The van der Waals surface area contributed by atoms with E-state index in [1.54, 1.807) is 0 Å². The van der Waals surface area contributed by atoms with E-state index >= 15 is 0 Å². The molecule has 4 rings (SSSR count). The lowest BCUT2D eigenvalue weighted by atomic mass is 9.90. The zero-order valence-electron chi connectivity index (χ0n) is 25.3. The lowest BCUT2D eigenvalue weighted by molar-refractivity contribution is -0.0182. The molecule has 1 aliphatic carbocycles. The second kappa shape index (κ2) is 13.0. The fourth-order valence-corrected chi connectivity index (χ4v) is 5.41. The van der Waals surface area contributed by atoms with Crippen LogP contribution in [0.3, 0.4) is 0 Å². The number of aliphatic hydroxyl groups excluding tert-OH is 1. The molecule has 0 bridgehead atoms. The zero-order chi connectivity index (χ0) is 28.9. The summed E-state index contributed by atoms with van der Waals surface area (Å²) >= 11 is 0. The van der Waals surface area contributed by atoms with Crippen molar-refractivity contribution in [3.63, 3.8) is 0 Å². The summed E-state index contributed by atoms with van der Waals surface area (Å²) in [5, 5.41) is 16.8. The van der Waals surface area contributed by atoms with Crippen LogP contribution in [0.25, 0.3) is 33.4 Å². The van der Waals surface area contributed by atoms with Gasteiger partial charge in [0.15, 0.2) is 0 Å². The van der Waals surface area contributed by atoms with Crippen LogP contribution in [0.15, 0.2) is 65.1 Å². The van der Waals surface area contributed by atoms with Crippen molar-refractivity contribution in [2.75, 3.05) is 44.7 Å². The first-order valence-corrected chi connectivity index (χ1v) is 14.7. The average Bonchev–Trinajstić information content (AvgIpc) is 2.95. The average molecular weight is 545 g/mol. The number of anilines is 1. The van der Waals surface area contributed by atoms with Gasteiger partial charge in [0.05, 0.1) is 11.7 Å². The highest BCUT2D eigenvalue weighted by molar-refractivity contribution is 6.03. The van der Waals surface area contributed by atoms with Crippen molar-refractivity contribution >= 4 is 16.7 Å². The molecule has 1 unspecified atom stereocenters. The molecule has 1 heterocycles. The minimum absolute atomic E-state index is 0.250. The Labute approximate surface area is 239 Å². The van der Waals surface area contributed by atoms with Crippen molar-refractivity contribution in [3.8, 4) is 22.5 Å². The Balaban J connectivity index is 1.88.